The Balaban J connectivity index is 2.34. The molecule has 0 amide bonds. The highest BCUT2D eigenvalue weighted by Gasteiger charge is 2.46. The van der Waals surface area contributed by atoms with Crippen molar-refractivity contribution in [2.24, 2.45) is 0 Å². The minimum absolute atomic E-state index is 0.268. The molecule has 0 radical (unpaired) electrons. The maximum Gasteiger partial charge on any atom is 0.155 e. The van der Waals surface area contributed by atoms with Crippen LogP contribution in [0.25, 0.3) is 0 Å². The summed E-state index contributed by atoms with van der Waals surface area (Å²) in [5.74, 6) is 0. The first-order valence-electron chi connectivity index (χ1n) is 8.98. The average Bonchev–Trinajstić information content (AvgIpc) is 2.71. The molecule has 0 saturated heterocycles. The van der Waals surface area contributed by atoms with Gasteiger partial charge in [0.1, 0.15) is 0 Å². The highest BCUT2D eigenvalue weighted by atomic mass is 28.3. The molecule has 0 aliphatic heterocycles. The summed E-state index contributed by atoms with van der Waals surface area (Å²) in [6.45, 7) is 1.33. The largest absolute Gasteiger partial charge is 0.385 e. The van der Waals surface area contributed by atoms with Crippen LogP contribution in [0.4, 0.5) is 0 Å². The number of methoxy groups -OCH3 is 2. The molecule has 134 valence electrons. The lowest BCUT2D eigenvalue weighted by molar-refractivity contribution is 0.137. The second kappa shape index (κ2) is 8.95. The Morgan fingerprint density at radius 1 is 0.577 bits per heavy atom. The van der Waals surface area contributed by atoms with Crippen molar-refractivity contribution in [3.8, 4) is 0 Å². The first-order chi connectivity index (χ1) is 12.8. The van der Waals surface area contributed by atoms with E-state index in [1.54, 1.807) is 14.2 Å². The van der Waals surface area contributed by atoms with Crippen LogP contribution in [0.2, 0.25) is 5.54 Å². The number of rotatable bonds is 8. The molecule has 0 atom stereocenters. The number of hydrogen-bond acceptors (Lipinski definition) is 2. The van der Waals surface area contributed by atoms with Crippen molar-refractivity contribution in [3.05, 3.63) is 91.0 Å². The third-order valence-corrected chi connectivity index (χ3v) is 10.3. The van der Waals surface area contributed by atoms with Gasteiger partial charge in [-0.25, -0.2) is 0 Å². The van der Waals surface area contributed by atoms with E-state index >= 15 is 0 Å². The molecule has 3 aromatic carbocycles. The van der Waals surface area contributed by atoms with Gasteiger partial charge in [0, 0.05) is 33.0 Å². The summed E-state index contributed by atoms with van der Waals surface area (Å²) in [5, 5.41) is 4.16. The van der Waals surface area contributed by atoms with Crippen LogP contribution in [0, 0.1) is 0 Å². The van der Waals surface area contributed by atoms with Gasteiger partial charge in [-0.3, -0.25) is 0 Å². The Kier molecular flexibility index (Phi) is 6.39. The van der Waals surface area contributed by atoms with Crippen LogP contribution in [0.5, 0.6) is 0 Å². The zero-order valence-corrected chi connectivity index (χ0v) is 16.5. The summed E-state index contributed by atoms with van der Waals surface area (Å²) in [5.41, 5.74) is 0.268. The van der Waals surface area contributed by atoms with Gasteiger partial charge in [-0.1, -0.05) is 91.0 Å². The van der Waals surface area contributed by atoms with E-state index in [2.05, 4.69) is 91.0 Å². The standard InChI is InChI=1S/C23H26O2Si/c1-24-18-23(19-25-2)26(20-12-6-3-7-13-20,21-14-8-4-9-15-21)22-16-10-5-11-17-22/h3-17,23H,18-19H2,1-2H3. The zero-order chi connectivity index (χ0) is 18.2. The second-order valence-corrected chi connectivity index (χ2v) is 10.7. The molecule has 0 N–H and O–H groups in total. The summed E-state index contributed by atoms with van der Waals surface area (Å²) in [4.78, 5) is 0. The molecular weight excluding hydrogens is 336 g/mol. The lowest BCUT2D eigenvalue weighted by atomic mass is 10.3. The van der Waals surface area contributed by atoms with E-state index in [0.717, 1.165) is 0 Å². The molecule has 0 aliphatic carbocycles. The van der Waals surface area contributed by atoms with Crippen molar-refractivity contribution in [1.29, 1.82) is 0 Å². The molecule has 0 saturated carbocycles. The van der Waals surface area contributed by atoms with Crippen LogP contribution in [-0.2, 0) is 9.47 Å². The van der Waals surface area contributed by atoms with Crippen molar-refractivity contribution in [2.45, 2.75) is 5.54 Å². The van der Waals surface area contributed by atoms with E-state index in [0.29, 0.717) is 13.2 Å². The molecule has 3 rings (SSSR count). The Bertz CT molecular complexity index is 672. The van der Waals surface area contributed by atoms with Crippen molar-refractivity contribution in [1.82, 2.24) is 0 Å². The fourth-order valence-electron chi connectivity index (χ4n) is 4.01. The van der Waals surface area contributed by atoms with Gasteiger partial charge in [0.25, 0.3) is 0 Å². The van der Waals surface area contributed by atoms with Crippen LogP contribution in [-0.4, -0.2) is 35.5 Å². The van der Waals surface area contributed by atoms with Gasteiger partial charge in [-0.2, -0.15) is 0 Å². The van der Waals surface area contributed by atoms with E-state index in [1.165, 1.54) is 15.6 Å². The normalized spacial score (nSPS) is 11.7. The van der Waals surface area contributed by atoms with Crippen LogP contribution >= 0.6 is 0 Å². The highest BCUT2D eigenvalue weighted by Crippen LogP contribution is 2.24. The molecule has 0 aliphatic rings. The fraction of sp³-hybridized carbons (Fsp3) is 0.217. The zero-order valence-electron chi connectivity index (χ0n) is 15.5. The predicted molar refractivity (Wildman–Crippen MR) is 111 cm³/mol. The van der Waals surface area contributed by atoms with Gasteiger partial charge in [-0.05, 0) is 15.6 Å². The first-order valence-corrected chi connectivity index (χ1v) is 11.1. The van der Waals surface area contributed by atoms with Gasteiger partial charge in [-0.15, -0.1) is 0 Å². The van der Waals surface area contributed by atoms with Gasteiger partial charge < -0.3 is 9.47 Å². The smallest absolute Gasteiger partial charge is 0.155 e. The van der Waals surface area contributed by atoms with Crippen LogP contribution in [0.1, 0.15) is 0 Å². The molecule has 0 aromatic heterocycles. The van der Waals surface area contributed by atoms with Gasteiger partial charge in [0.05, 0.1) is 0 Å². The number of benzene rings is 3. The summed E-state index contributed by atoms with van der Waals surface area (Å²) < 4.78 is 11.4. The molecule has 3 heteroatoms. The van der Waals surface area contributed by atoms with Gasteiger partial charge >= 0.3 is 0 Å². The molecule has 0 unspecified atom stereocenters. The summed E-state index contributed by atoms with van der Waals surface area (Å²) in [6.07, 6.45) is 0. The van der Waals surface area contributed by atoms with Crippen LogP contribution in [0.3, 0.4) is 0 Å². The lowest BCUT2D eigenvalue weighted by Gasteiger charge is -2.40. The summed E-state index contributed by atoms with van der Waals surface area (Å²) in [6, 6.07) is 32.7. The molecule has 2 nitrogen and oxygen atoms in total. The van der Waals surface area contributed by atoms with Crippen molar-refractivity contribution >= 4 is 23.6 Å². The first kappa shape index (κ1) is 18.6. The second-order valence-electron chi connectivity index (χ2n) is 6.51. The quantitative estimate of drug-likeness (QED) is 0.453. The van der Waals surface area contributed by atoms with E-state index in [1.807, 2.05) is 0 Å². The van der Waals surface area contributed by atoms with Crippen molar-refractivity contribution in [3.63, 3.8) is 0 Å². The number of hydrogen-bond donors (Lipinski definition) is 0. The third kappa shape index (κ3) is 3.51. The minimum atomic E-state index is -2.35. The monoisotopic (exact) mass is 362 g/mol. The van der Waals surface area contributed by atoms with E-state index in [-0.39, 0.29) is 5.54 Å². The molecule has 3 aromatic rings. The minimum Gasteiger partial charge on any atom is -0.385 e. The third-order valence-electron chi connectivity index (χ3n) is 5.04. The molecule has 0 bridgehead atoms. The fourth-order valence-corrected chi connectivity index (χ4v) is 9.41. The molecule has 26 heavy (non-hydrogen) atoms. The van der Waals surface area contributed by atoms with Crippen molar-refractivity contribution < 1.29 is 9.47 Å². The molecule has 0 heterocycles. The SMILES string of the molecule is COCC(COC)[Si](c1ccccc1)(c1ccccc1)c1ccccc1. The maximum atomic E-state index is 5.68. The van der Waals surface area contributed by atoms with Crippen LogP contribution < -0.4 is 15.6 Å². The van der Waals surface area contributed by atoms with E-state index in [9.17, 15) is 0 Å². The molecular formula is C23H26O2Si. The Morgan fingerprint density at radius 2 is 0.885 bits per heavy atom. The Morgan fingerprint density at radius 3 is 1.15 bits per heavy atom. The maximum absolute atomic E-state index is 5.68. The topological polar surface area (TPSA) is 18.5 Å². The van der Waals surface area contributed by atoms with E-state index in [4.69, 9.17) is 9.47 Å². The van der Waals surface area contributed by atoms with E-state index < -0.39 is 8.07 Å². The lowest BCUT2D eigenvalue weighted by Crippen LogP contribution is -2.71. The molecule has 0 fully saturated rings. The Labute approximate surface area is 157 Å². The summed E-state index contributed by atoms with van der Waals surface area (Å²) in [7, 11) is 1.22. The van der Waals surface area contributed by atoms with Gasteiger partial charge in [0.15, 0.2) is 8.07 Å². The Hall–Kier alpha value is -2.20. The van der Waals surface area contributed by atoms with Gasteiger partial charge in [0.2, 0.25) is 0 Å². The summed E-state index contributed by atoms with van der Waals surface area (Å²) >= 11 is 0. The highest BCUT2D eigenvalue weighted by molar-refractivity contribution is 7.12. The molecule has 0 spiro atoms. The predicted octanol–water partition coefficient (Wildman–Crippen LogP) is 2.82. The van der Waals surface area contributed by atoms with Crippen molar-refractivity contribution in [2.75, 3.05) is 27.4 Å². The average molecular weight is 363 g/mol. The van der Waals surface area contributed by atoms with Crippen LogP contribution in [0.15, 0.2) is 91.0 Å². The number of ether oxygens (including phenoxy) is 2.